The molecule has 0 radical (unpaired) electrons. The van der Waals surface area contributed by atoms with Crippen molar-refractivity contribution in [3.63, 3.8) is 0 Å². The molecule has 1 nitrogen and oxygen atoms in total. The summed E-state index contributed by atoms with van der Waals surface area (Å²) >= 11 is 5.75. The van der Waals surface area contributed by atoms with Crippen LogP contribution in [0.4, 0.5) is 0 Å². The smallest absolute Gasteiger partial charge is 0.133 e. The Morgan fingerprint density at radius 2 is 2.15 bits per heavy atom. The summed E-state index contributed by atoms with van der Waals surface area (Å²) in [6, 6.07) is 6.09. The van der Waals surface area contributed by atoms with Gasteiger partial charge in [-0.2, -0.15) is 0 Å². The second kappa shape index (κ2) is 5.20. The predicted octanol–water partition coefficient (Wildman–Crippen LogP) is 4.09. The van der Waals surface area contributed by atoms with Gasteiger partial charge < -0.3 is 4.74 Å². The molecular weight excluding hydrogens is 343 g/mol. The van der Waals surface area contributed by atoms with Crippen LogP contribution >= 0.6 is 38.5 Å². The second-order valence-corrected chi connectivity index (χ2v) is 5.38. The van der Waals surface area contributed by atoms with Crippen LogP contribution in [-0.4, -0.2) is 6.61 Å². The molecule has 0 bridgehead atoms. The van der Waals surface area contributed by atoms with Crippen molar-refractivity contribution in [2.75, 3.05) is 6.61 Å². The first kappa shape index (κ1) is 11.3. The van der Waals surface area contributed by atoms with Crippen LogP contribution in [0.3, 0.4) is 0 Å². The number of rotatable bonds is 3. The molecule has 0 aliphatic heterocycles. The Balaban J connectivity index is 2.67. The molecule has 1 aromatic rings. The number of hydrogen-bond donors (Lipinski definition) is 0. The van der Waals surface area contributed by atoms with E-state index in [9.17, 15) is 0 Å². The zero-order valence-electron chi connectivity index (χ0n) is 7.68. The lowest BCUT2D eigenvalue weighted by Gasteiger charge is -2.10. The Labute approximate surface area is 101 Å². The maximum atomic E-state index is 5.60. The molecule has 0 spiro atoms. The predicted molar refractivity (Wildman–Crippen MR) is 67.2 cm³/mol. The fraction of sp³-hybridized carbons (Fsp3) is 0.400. The molecule has 1 aromatic carbocycles. The van der Waals surface area contributed by atoms with E-state index in [1.807, 2.05) is 12.1 Å². The molecule has 1 rings (SSSR count). The quantitative estimate of drug-likeness (QED) is 0.743. The summed E-state index contributed by atoms with van der Waals surface area (Å²) in [5.74, 6) is 1.49. The summed E-state index contributed by atoms with van der Waals surface area (Å²) in [7, 11) is 0. The highest BCUT2D eigenvalue weighted by atomic mass is 127. The molecule has 0 saturated heterocycles. The van der Waals surface area contributed by atoms with Crippen LogP contribution in [0.25, 0.3) is 0 Å². The van der Waals surface area contributed by atoms with Gasteiger partial charge in [-0.3, -0.25) is 0 Å². The molecule has 0 fully saturated rings. The van der Waals surface area contributed by atoms with Gasteiger partial charge in [-0.15, -0.1) is 0 Å². The van der Waals surface area contributed by atoms with Gasteiger partial charge >= 0.3 is 0 Å². The zero-order valence-corrected chi connectivity index (χ0v) is 11.4. The van der Waals surface area contributed by atoms with Crippen molar-refractivity contribution < 1.29 is 4.74 Å². The van der Waals surface area contributed by atoms with Crippen LogP contribution in [0.15, 0.2) is 22.7 Å². The van der Waals surface area contributed by atoms with E-state index in [0.29, 0.717) is 5.92 Å². The molecule has 0 amide bonds. The lowest BCUT2D eigenvalue weighted by molar-refractivity contribution is 0.269. The highest BCUT2D eigenvalue weighted by Gasteiger charge is 2.02. The van der Waals surface area contributed by atoms with Crippen LogP contribution in [0.5, 0.6) is 5.75 Å². The first-order valence-electron chi connectivity index (χ1n) is 4.17. The van der Waals surface area contributed by atoms with Crippen LogP contribution in [0, 0.1) is 9.49 Å². The van der Waals surface area contributed by atoms with Crippen molar-refractivity contribution in [1.82, 2.24) is 0 Å². The molecule has 0 N–H and O–H groups in total. The first-order valence-corrected chi connectivity index (χ1v) is 6.04. The van der Waals surface area contributed by atoms with Crippen molar-refractivity contribution in [1.29, 1.82) is 0 Å². The summed E-state index contributed by atoms with van der Waals surface area (Å²) in [6.45, 7) is 5.04. The molecule has 0 aliphatic carbocycles. The summed E-state index contributed by atoms with van der Waals surface area (Å²) in [5.41, 5.74) is 0. The lowest BCUT2D eigenvalue weighted by Crippen LogP contribution is -2.04. The molecule has 72 valence electrons. The van der Waals surface area contributed by atoms with E-state index in [0.717, 1.165) is 16.8 Å². The summed E-state index contributed by atoms with van der Waals surface area (Å²) in [6.07, 6.45) is 0. The fourth-order valence-corrected chi connectivity index (χ4v) is 2.26. The average Bonchev–Trinajstić information content (AvgIpc) is 2.02. The van der Waals surface area contributed by atoms with E-state index in [4.69, 9.17) is 4.74 Å². The lowest BCUT2D eigenvalue weighted by atomic mass is 10.2. The minimum absolute atomic E-state index is 0.561. The van der Waals surface area contributed by atoms with Gasteiger partial charge in [0, 0.05) is 3.57 Å². The van der Waals surface area contributed by atoms with Crippen molar-refractivity contribution in [2.45, 2.75) is 13.8 Å². The van der Waals surface area contributed by atoms with Gasteiger partial charge in [0.25, 0.3) is 0 Å². The summed E-state index contributed by atoms with van der Waals surface area (Å²) in [4.78, 5) is 0. The highest BCUT2D eigenvalue weighted by Crippen LogP contribution is 2.26. The molecule has 3 heteroatoms. The summed E-state index contributed by atoms with van der Waals surface area (Å²) in [5, 5.41) is 0. The van der Waals surface area contributed by atoms with Crippen LogP contribution < -0.4 is 4.74 Å². The Kier molecular flexibility index (Phi) is 4.52. The molecule has 0 unspecified atom stereocenters. The topological polar surface area (TPSA) is 9.23 Å². The Hall–Kier alpha value is 0.230. The molecule has 0 aliphatic rings. The largest absolute Gasteiger partial charge is 0.492 e. The molecule has 0 atom stereocenters. The minimum Gasteiger partial charge on any atom is -0.492 e. The van der Waals surface area contributed by atoms with E-state index in [-0.39, 0.29) is 0 Å². The maximum Gasteiger partial charge on any atom is 0.133 e. The fourth-order valence-electron chi connectivity index (χ4n) is 0.849. The molecule has 0 saturated carbocycles. The molecular formula is C10H12BrIO. The third kappa shape index (κ3) is 3.85. The SMILES string of the molecule is CC(C)COc1ccc(I)cc1Br. The van der Waals surface area contributed by atoms with Crippen molar-refractivity contribution >= 4 is 38.5 Å². The molecule has 13 heavy (non-hydrogen) atoms. The third-order valence-corrected chi connectivity index (χ3v) is 2.76. The number of hydrogen-bond acceptors (Lipinski definition) is 1. The van der Waals surface area contributed by atoms with E-state index < -0.39 is 0 Å². The first-order chi connectivity index (χ1) is 6.09. The van der Waals surface area contributed by atoms with E-state index in [1.54, 1.807) is 0 Å². The number of ether oxygens (including phenoxy) is 1. The monoisotopic (exact) mass is 354 g/mol. The Bertz CT molecular complexity index is 286. The Morgan fingerprint density at radius 3 is 2.69 bits per heavy atom. The standard InChI is InChI=1S/C10H12BrIO/c1-7(2)6-13-10-4-3-8(12)5-9(10)11/h3-5,7H,6H2,1-2H3. The van der Waals surface area contributed by atoms with Crippen LogP contribution in [0.2, 0.25) is 0 Å². The highest BCUT2D eigenvalue weighted by molar-refractivity contribution is 14.1. The summed E-state index contributed by atoms with van der Waals surface area (Å²) < 4.78 is 7.84. The normalized spacial score (nSPS) is 10.5. The van der Waals surface area contributed by atoms with E-state index in [1.165, 1.54) is 3.57 Å². The van der Waals surface area contributed by atoms with Gasteiger partial charge in [0.2, 0.25) is 0 Å². The number of benzene rings is 1. The third-order valence-electron chi connectivity index (χ3n) is 1.47. The van der Waals surface area contributed by atoms with Crippen LogP contribution in [0.1, 0.15) is 13.8 Å². The minimum atomic E-state index is 0.561. The maximum absolute atomic E-state index is 5.60. The van der Waals surface area contributed by atoms with Gasteiger partial charge in [-0.05, 0) is 62.6 Å². The van der Waals surface area contributed by atoms with Crippen molar-refractivity contribution in [2.24, 2.45) is 5.92 Å². The Morgan fingerprint density at radius 1 is 1.46 bits per heavy atom. The van der Waals surface area contributed by atoms with E-state index in [2.05, 4.69) is 58.4 Å². The van der Waals surface area contributed by atoms with Crippen molar-refractivity contribution in [3.8, 4) is 5.75 Å². The molecule has 0 heterocycles. The van der Waals surface area contributed by atoms with Crippen molar-refractivity contribution in [3.05, 3.63) is 26.2 Å². The van der Waals surface area contributed by atoms with Gasteiger partial charge in [-0.1, -0.05) is 13.8 Å². The van der Waals surface area contributed by atoms with Crippen LogP contribution in [-0.2, 0) is 0 Å². The second-order valence-electron chi connectivity index (χ2n) is 3.28. The van der Waals surface area contributed by atoms with Gasteiger partial charge in [-0.25, -0.2) is 0 Å². The van der Waals surface area contributed by atoms with Gasteiger partial charge in [0.05, 0.1) is 11.1 Å². The zero-order chi connectivity index (χ0) is 9.84. The van der Waals surface area contributed by atoms with E-state index >= 15 is 0 Å². The molecule has 0 aromatic heterocycles. The number of halogens is 2. The van der Waals surface area contributed by atoms with Gasteiger partial charge in [0.15, 0.2) is 0 Å². The average molecular weight is 355 g/mol. The van der Waals surface area contributed by atoms with Gasteiger partial charge in [0.1, 0.15) is 5.75 Å².